The van der Waals surface area contributed by atoms with Crippen molar-refractivity contribution in [2.24, 2.45) is 5.10 Å². The van der Waals surface area contributed by atoms with Crippen LogP contribution in [0.1, 0.15) is 16.8 Å². The van der Waals surface area contributed by atoms with Crippen molar-refractivity contribution in [2.45, 2.75) is 12.4 Å². The molecule has 0 radical (unpaired) electrons. The second-order valence-electron chi connectivity index (χ2n) is 6.03. The summed E-state index contributed by atoms with van der Waals surface area (Å²) in [6.45, 7) is 0. The maximum absolute atomic E-state index is 12.8. The quantitative estimate of drug-likeness (QED) is 0.245. The molecule has 0 fully saturated rings. The van der Waals surface area contributed by atoms with E-state index in [4.69, 9.17) is 23.2 Å². The van der Waals surface area contributed by atoms with Crippen LogP contribution in [0.5, 0.6) is 0 Å². The lowest BCUT2D eigenvalue weighted by molar-refractivity contribution is -0.138. The van der Waals surface area contributed by atoms with Gasteiger partial charge in [0.25, 0.3) is 0 Å². The van der Waals surface area contributed by atoms with Gasteiger partial charge >= 0.3 is 12.4 Å². The van der Waals surface area contributed by atoms with Crippen molar-refractivity contribution in [3.05, 3.63) is 81.6 Å². The van der Waals surface area contributed by atoms with Crippen LogP contribution in [0.15, 0.2) is 59.8 Å². The fourth-order valence-corrected chi connectivity index (χ4v) is 3.12. The minimum atomic E-state index is -4.60. The summed E-state index contributed by atoms with van der Waals surface area (Å²) < 4.78 is 78.0. The van der Waals surface area contributed by atoms with E-state index in [1.807, 2.05) is 0 Å². The molecule has 1 heterocycles. The van der Waals surface area contributed by atoms with E-state index in [1.165, 1.54) is 18.3 Å². The number of hydrazone groups is 1. The van der Waals surface area contributed by atoms with E-state index in [0.29, 0.717) is 11.4 Å². The van der Waals surface area contributed by atoms with Gasteiger partial charge in [-0.3, -0.25) is 5.43 Å². The summed E-state index contributed by atoms with van der Waals surface area (Å²) in [6.07, 6.45) is -6.11. The third-order valence-corrected chi connectivity index (χ3v) is 4.59. The lowest BCUT2D eigenvalue weighted by Gasteiger charge is -2.12. The van der Waals surface area contributed by atoms with Crippen molar-refractivity contribution < 1.29 is 26.3 Å². The first kappa shape index (κ1) is 22.0. The highest BCUT2D eigenvalue weighted by atomic mass is 35.5. The number of alkyl halides is 6. The number of hydrogen-bond donors (Lipinski definition) is 1. The molecule has 158 valence electrons. The van der Waals surface area contributed by atoms with Crippen LogP contribution in [0.2, 0.25) is 10.0 Å². The van der Waals surface area contributed by atoms with Gasteiger partial charge in [-0.05, 0) is 48.5 Å². The number of benzene rings is 2. The molecule has 2 aromatic carbocycles. The van der Waals surface area contributed by atoms with E-state index >= 15 is 0 Å². The Bertz CT molecular complexity index is 1050. The Morgan fingerprint density at radius 2 is 1.40 bits per heavy atom. The average molecular weight is 466 g/mol. The standard InChI is InChI=1S/C19H11Cl2F6N3/c20-15-8-12(19(25,26)27)9-16(21)17(15)29-28-10-14-2-1-7-30(14)13-5-3-11(4-6-13)18(22,23)24/h1-10,29H/b28-10+. The highest BCUT2D eigenvalue weighted by Crippen LogP contribution is 2.38. The van der Waals surface area contributed by atoms with Crippen LogP contribution in [0.25, 0.3) is 5.69 Å². The fraction of sp³-hybridized carbons (Fsp3) is 0.105. The minimum absolute atomic E-state index is 0.0183. The smallest absolute Gasteiger partial charge is 0.316 e. The van der Waals surface area contributed by atoms with Gasteiger partial charge in [-0.1, -0.05) is 23.2 Å². The number of hydrogen-bond acceptors (Lipinski definition) is 2. The summed E-state index contributed by atoms with van der Waals surface area (Å²) >= 11 is 11.7. The predicted octanol–water partition coefficient (Wildman–Crippen LogP) is 7.27. The number of nitrogens with zero attached hydrogens (tertiary/aromatic N) is 2. The number of aromatic nitrogens is 1. The predicted molar refractivity (Wildman–Crippen MR) is 103 cm³/mol. The van der Waals surface area contributed by atoms with Crippen LogP contribution in [-0.4, -0.2) is 10.8 Å². The zero-order chi connectivity index (χ0) is 22.1. The molecule has 3 nitrogen and oxygen atoms in total. The molecule has 0 saturated heterocycles. The molecule has 0 amide bonds. The lowest BCUT2D eigenvalue weighted by atomic mass is 10.2. The van der Waals surface area contributed by atoms with Gasteiger partial charge in [-0.2, -0.15) is 31.4 Å². The van der Waals surface area contributed by atoms with Crippen LogP contribution in [-0.2, 0) is 12.4 Å². The van der Waals surface area contributed by atoms with Crippen LogP contribution < -0.4 is 5.43 Å². The van der Waals surface area contributed by atoms with Crippen LogP contribution in [0.4, 0.5) is 32.0 Å². The highest BCUT2D eigenvalue weighted by molar-refractivity contribution is 6.39. The molecule has 3 rings (SSSR count). The summed E-state index contributed by atoms with van der Waals surface area (Å²) in [5, 5.41) is 3.37. The van der Waals surface area contributed by atoms with Crippen LogP contribution >= 0.6 is 23.2 Å². The molecule has 0 aliphatic rings. The van der Waals surface area contributed by atoms with Gasteiger partial charge < -0.3 is 4.57 Å². The Morgan fingerprint density at radius 1 is 0.833 bits per heavy atom. The van der Waals surface area contributed by atoms with Crippen molar-refractivity contribution >= 4 is 35.1 Å². The van der Waals surface area contributed by atoms with Gasteiger partial charge in [0.15, 0.2) is 0 Å². The topological polar surface area (TPSA) is 29.3 Å². The third kappa shape index (κ3) is 4.91. The number of rotatable bonds is 4. The summed E-state index contributed by atoms with van der Waals surface area (Å²) in [5.74, 6) is 0. The first-order chi connectivity index (χ1) is 14.0. The zero-order valence-corrected chi connectivity index (χ0v) is 16.2. The van der Waals surface area contributed by atoms with Gasteiger partial charge in [0.2, 0.25) is 0 Å². The van der Waals surface area contributed by atoms with Crippen LogP contribution in [0.3, 0.4) is 0 Å². The summed E-state index contributed by atoms with van der Waals surface area (Å²) in [5.41, 5.74) is 1.64. The molecule has 0 aliphatic heterocycles. The zero-order valence-electron chi connectivity index (χ0n) is 14.7. The van der Waals surface area contributed by atoms with E-state index in [9.17, 15) is 26.3 Å². The van der Waals surface area contributed by atoms with Crippen molar-refractivity contribution in [1.82, 2.24) is 4.57 Å². The van der Waals surface area contributed by atoms with E-state index in [0.717, 1.165) is 24.3 Å². The first-order valence-corrected chi connectivity index (χ1v) is 8.93. The molecule has 0 unspecified atom stereocenters. The molecule has 1 N–H and O–H groups in total. The Kier molecular flexibility index (Phi) is 6.05. The fourth-order valence-electron chi connectivity index (χ4n) is 2.55. The molecule has 11 heteroatoms. The van der Waals surface area contributed by atoms with E-state index in [2.05, 4.69) is 10.5 Å². The van der Waals surface area contributed by atoms with Gasteiger partial charge in [0, 0.05) is 11.9 Å². The average Bonchev–Trinajstić information content (AvgIpc) is 3.11. The van der Waals surface area contributed by atoms with E-state index in [1.54, 1.807) is 22.9 Å². The molecular formula is C19H11Cl2F6N3. The SMILES string of the molecule is FC(F)(F)c1ccc(-n2cccc2/C=N/Nc2c(Cl)cc(C(F)(F)F)cc2Cl)cc1. The Morgan fingerprint density at radius 3 is 1.93 bits per heavy atom. The Labute approximate surface area is 176 Å². The molecule has 0 saturated carbocycles. The summed E-state index contributed by atoms with van der Waals surface area (Å²) in [4.78, 5) is 0. The Hall–Kier alpha value is -2.65. The van der Waals surface area contributed by atoms with E-state index in [-0.39, 0.29) is 15.7 Å². The van der Waals surface area contributed by atoms with Gasteiger partial charge in [0.05, 0.1) is 38.8 Å². The molecule has 30 heavy (non-hydrogen) atoms. The molecule has 0 aliphatic carbocycles. The van der Waals surface area contributed by atoms with Gasteiger partial charge in [0.1, 0.15) is 0 Å². The number of anilines is 1. The maximum Gasteiger partial charge on any atom is 0.416 e. The molecule has 0 atom stereocenters. The number of nitrogens with one attached hydrogen (secondary N) is 1. The molecular weight excluding hydrogens is 455 g/mol. The Balaban J connectivity index is 1.80. The second kappa shape index (κ2) is 8.23. The molecule has 3 aromatic rings. The highest BCUT2D eigenvalue weighted by Gasteiger charge is 2.32. The van der Waals surface area contributed by atoms with Crippen molar-refractivity contribution in [1.29, 1.82) is 0 Å². The van der Waals surface area contributed by atoms with Gasteiger partial charge in [-0.15, -0.1) is 0 Å². The minimum Gasteiger partial charge on any atom is -0.316 e. The van der Waals surface area contributed by atoms with E-state index < -0.39 is 23.5 Å². The maximum atomic E-state index is 12.8. The van der Waals surface area contributed by atoms with Gasteiger partial charge in [-0.25, -0.2) is 0 Å². The second-order valence-corrected chi connectivity index (χ2v) is 6.84. The lowest BCUT2D eigenvalue weighted by Crippen LogP contribution is -2.06. The normalized spacial score (nSPS) is 12.5. The van der Waals surface area contributed by atoms with Crippen molar-refractivity contribution in [3.8, 4) is 5.69 Å². The van der Waals surface area contributed by atoms with Crippen molar-refractivity contribution in [2.75, 3.05) is 5.43 Å². The summed E-state index contributed by atoms with van der Waals surface area (Å²) in [7, 11) is 0. The molecule has 0 spiro atoms. The summed E-state index contributed by atoms with van der Waals surface area (Å²) in [6, 6.07) is 9.24. The molecule has 0 bridgehead atoms. The largest absolute Gasteiger partial charge is 0.416 e. The third-order valence-electron chi connectivity index (χ3n) is 4.00. The van der Waals surface area contributed by atoms with Crippen molar-refractivity contribution in [3.63, 3.8) is 0 Å². The number of halogens is 8. The first-order valence-electron chi connectivity index (χ1n) is 8.17. The monoisotopic (exact) mass is 465 g/mol. The van der Waals surface area contributed by atoms with Crippen LogP contribution in [0, 0.1) is 0 Å². The molecule has 1 aromatic heterocycles.